The summed E-state index contributed by atoms with van der Waals surface area (Å²) in [7, 11) is 0. The van der Waals surface area contributed by atoms with E-state index in [0.29, 0.717) is 18.4 Å². The van der Waals surface area contributed by atoms with Crippen LogP contribution in [0.2, 0.25) is 5.02 Å². The van der Waals surface area contributed by atoms with E-state index in [1.54, 1.807) is 48.8 Å². The van der Waals surface area contributed by atoms with Gasteiger partial charge in [0.1, 0.15) is 12.0 Å². The number of carbonyl (C=O) groups excluding carboxylic acids is 2. The average molecular weight is 540 g/mol. The van der Waals surface area contributed by atoms with E-state index in [1.807, 2.05) is 6.92 Å². The Kier molecular flexibility index (Phi) is 7.67. The van der Waals surface area contributed by atoms with Crippen LogP contribution in [0.3, 0.4) is 0 Å². The van der Waals surface area contributed by atoms with Crippen molar-refractivity contribution in [2.45, 2.75) is 44.1 Å². The molecule has 3 aromatic rings. The van der Waals surface area contributed by atoms with Crippen molar-refractivity contribution >= 4 is 23.4 Å². The van der Waals surface area contributed by atoms with Crippen molar-refractivity contribution in [3.8, 4) is 11.1 Å². The fourth-order valence-electron chi connectivity index (χ4n) is 5.51. The van der Waals surface area contributed by atoms with Crippen molar-refractivity contribution in [2.75, 3.05) is 6.54 Å². The molecule has 1 saturated carbocycles. The molecule has 5 unspecified atom stereocenters. The summed E-state index contributed by atoms with van der Waals surface area (Å²) in [6.07, 6.45) is 2.31. The van der Waals surface area contributed by atoms with Gasteiger partial charge in [-0.25, -0.2) is 8.78 Å². The van der Waals surface area contributed by atoms with E-state index in [9.17, 15) is 18.4 Å². The molecule has 1 saturated heterocycles. The average Bonchev–Trinajstić information content (AvgIpc) is 2.91. The highest BCUT2D eigenvalue weighted by atomic mass is 35.5. The molecule has 1 aliphatic carbocycles. The summed E-state index contributed by atoms with van der Waals surface area (Å²) in [6, 6.07) is 12.2. The number of amides is 2. The molecule has 2 heterocycles. The number of halogens is 3. The molecule has 2 amide bonds. The fraction of sp³-hybridized carbons (Fsp3) is 0.357. The van der Waals surface area contributed by atoms with E-state index in [4.69, 9.17) is 11.6 Å². The molecular weight excluding hydrogens is 512 g/mol. The van der Waals surface area contributed by atoms with Crippen LogP contribution in [0.15, 0.2) is 60.9 Å². The van der Waals surface area contributed by atoms with Crippen LogP contribution in [0, 0.1) is 17.7 Å². The van der Waals surface area contributed by atoms with Crippen molar-refractivity contribution in [3.05, 3.63) is 82.9 Å². The summed E-state index contributed by atoms with van der Waals surface area (Å²) in [5.74, 6) is -2.11. The topological polar surface area (TPSA) is 96.0 Å². The molecule has 6 atom stereocenters. The molecule has 0 radical (unpaired) electrons. The van der Waals surface area contributed by atoms with Gasteiger partial charge in [0.05, 0.1) is 41.1 Å². The molecule has 5 rings (SSSR count). The summed E-state index contributed by atoms with van der Waals surface area (Å²) in [5, 5.41) is 17.0. The zero-order valence-corrected chi connectivity index (χ0v) is 21.5. The van der Waals surface area contributed by atoms with E-state index < -0.39 is 41.9 Å². The number of alkyl halides is 1. The molecule has 0 bridgehead atoms. The first kappa shape index (κ1) is 26.2. The zero-order chi connectivity index (χ0) is 26.8. The van der Waals surface area contributed by atoms with Gasteiger partial charge in [-0.05, 0) is 60.2 Å². The third kappa shape index (κ3) is 5.39. The van der Waals surface area contributed by atoms with Gasteiger partial charge in [-0.1, -0.05) is 36.7 Å². The Bertz CT molecular complexity index is 1330. The Balaban J connectivity index is 1.36. The second-order valence-electron chi connectivity index (χ2n) is 9.97. The molecule has 1 aromatic heterocycles. The van der Waals surface area contributed by atoms with Gasteiger partial charge in [-0.15, -0.1) is 0 Å². The minimum Gasteiger partial charge on any atom is -0.351 e. The predicted molar refractivity (Wildman–Crippen MR) is 140 cm³/mol. The van der Waals surface area contributed by atoms with Gasteiger partial charge < -0.3 is 10.6 Å². The highest BCUT2D eigenvalue weighted by Gasteiger charge is 2.47. The number of hydrogen-bond acceptors (Lipinski definition) is 5. The van der Waals surface area contributed by atoms with Crippen LogP contribution in [0.5, 0.6) is 0 Å². The lowest BCUT2D eigenvalue weighted by molar-refractivity contribution is -0.135. The second-order valence-corrected chi connectivity index (χ2v) is 10.4. The number of fused-ring (bicyclic) bond motifs is 1. The summed E-state index contributed by atoms with van der Waals surface area (Å²) < 4.78 is 29.1. The van der Waals surface area contributed by atoms with E-state index >= 15 is 0 Å². The van der Waals surface area contributed by atoms with Gasteiger partial charge in [0, 0.05) is 18.0 Å². The van der Waals surface area contributed by atoms with Crippen LogP contribution in [-0.4, -0.2) is 46.9 Å². The zero-order valence-electron chi connectivity index (χ0n) is 20.7. The first-order valence-electron chi connectivity index (χ1n) is 12.6. The number of carbonyl (C=O) groups is 2. The van der Waals surface area contributed by atoms with E-state index in [0.717, 1.165) is 11.1 Å². The molecule has 0 spiro atoms. The van der Waals surface area contributed by atoms with Gasteiger partial charge in [0.2, 0.25) is 5.91 Å². The quantitative estimate of drug-likeness (QED) is 0.435. The second kappa shape index (κ2) is 11.1. The molecule has 7 nitrogen and oxygen atoms in total. The first-order chi connectivity index (χ1) is 18.3. The predicted octanol–water partition coefficient (Wildman–Crippen LogP) is 4.25. The van der Waals surface area contributed by atoms with Crippen LogP contribution < -0.4 is 16.0 Å². The fourth-order valence-corrected chi connectivity index (χ4v) is 5.77. The minimum atomic E-state index is -1.17. The number of nitrogens with one attached hydrogen (secondary N) is 3. The minimum absolute atomic E-state index is 0.0424. The summed E-state index contributed by atoms with van der Waals surface area (Å²) in [4.78, 5) is 26.2. The monoisotopic (exact) mass is 539 g/mol. The lowest BCUT2D eigenvalue weighted by Gasteiger charge is -2.46. The number of rotatable bonds is 6. The molecule has 1 aliphatic heterocycles. The van der Waals surface area contributed by atoms with E-state index in [2.05, 4.69) is 26.1 Å². The Morgan fingerprint density at radius 3 is 2.74 bits per heavy atom. The van der Waals surface area contributed by atoms with Crippen LogP contribution in [-0.2, 0) is 4.79 Å². The Morgan fingerprint density at radius 1 is 1.16 bits per heavy atom. The van der Waals surface area contributed by atoms with Gasteiger partial charge in [0.25, 0.3) is 5.91 Å². The van der Waals surface area contributed by atoms with Gasteiger partial charge in [-0.2, -0.15) is 10.2 Å². The summed E-state index contributed by atoms with van der Waals surface area (Å²) >= 11 is 6.44. The first-order valence-corrected chi connectivity index (χ1v) is 13.0. The van der Waals surface area contributed by atoms with Crippen molar-refractivity contribution in [2.24, 2.45) is 11.8 Å². The van der Waals surface area contributed by atoms with Gasteiger partial charge >= 0.3 is 0 Å². The van der Waals surface area contributed by atoms with Crippen LogP contribution >= 0.6 is 11.6 Å². The number of aromatic nitrogens is 2. The van der Waals surface area contributed by atoms with Crippen molar-refractivity contribution in [1.29, 1.82) is 0 Å². The van der Waals surface area contributed by atoms with Gasteiger partial charge in [-0.3, -0.25) is 14.9 Å². The van der Waals surface area contributed by atoms with E-state index in [-0.39, 0.29) is 29.0 Å². The maximum atomic E-state index is 14.9. The molecular formula is C28H28ClF2N5O2. The number of nitrogens with zero attached hydrogens (tertiary/aromatic N) is 2. The highest BCUT2D eigenvalue weighted by Crippen LogP contribution is 2.36. The van der Waals surface area contributed by atoms with Crippen molar-refractivity contribution < 1.29 is 18.4 Å². The Hall–Kier alpha value is -3.43. The van der Waals surface area contributed by atoms with Crippen LogP contribution in [0.4, 0.5) is 8.78 Å². The smallest absolute Gasteiger partial charge is 0.252 e. The largest absolute Gasteiger partial charge is 0.351 e. The van der Waals surface area contributed by atoms with Crippen molar-refractivity contribution in [1.82, 2.24) is 26.1 Å². The standard InChI is InChI=1S/C28H28ClF2N5O2/c1-15-5-8-23(31)25-24(15)28(38)36-26(35-25)21(17-3-2-4-19(30)11-17)14-32-27(37)20-7-6-16(12-22(20)29)18-9-10-33-34-13-18/h2-4,6-7,9-13,15,21,23-26,35H,5,8,14H2,1H3,(H,32,37)(H,36,38)/t15?,21-,23?,24?,25?,26?/m0/s1. The maximum absolute atomic E-state index is 14.9. The molecule has 2 aliphatic rings. The SMILES string of the molecule is CC1CCC(F)C2NC([C@@H](CNC(=O)c3ccc(-c4ccnnc4)cc3Cl)c3cccc(F)c3)NC(=O)C12. The molecule has 2 fully saturated rings. The third-order valence-electron chi connectivity index (χ3n) is 7.55. The molecule has 198 valence electrons. The highest BCUT2D eigenvalue weighted by molar-refractivity contribution is 6.34. The summed E-state index contributed by atoms with van der Waals surface area (Å²) in [6.45, 7) is 2.01. The molecule has 38 heavy (non-hydrogen) atoms. The molecule has 2 aromatic carbocycles. The summed E-state index contributed by atoms with van der Waals surface area (Å²) in [5.41, 5.74) is 2.42. The van der Waals surface area contributed by atoms with E-state index in [1.165, 1.54) is 12.1 Å². The Labute approximate surface area is 224 Å². The normalized spacial score (nSPS) is 25.7. The molecule has 3 N–H and O–H groups in total. The van der Waals surface area contributed by atoms with Crippen LogP contribution in [0.1, 0.15) is 41.6 Å². The van der Waals surface area contributed by atoms with Crippen LogP contribution in [0.25, 0.3) is 11.1 Å². The number of hydrogen-bond donors (Lipinski definition) is 3. The lowest BCUT2D eigenvalue weighted by Crippen LogP contribution is -2.68. The number of benzene rings is 2. The van der Waals surface area contributed by atoms with Gasteiger partial charge in [0.15, 0.2) is 0 Å². The lowest BCUT2D eigenvalue weighted by atomic mass is 9.73. The molecule has 10 heteroatoms. The van der Waals surface area contributed by atoms with Crippen molar-refractivity contribution in [3.63, 3.8) is 0 Å². The maximum Gasteiger partial charge on any atom is 0.252 e. The third-order valence-corrected chi connectivity index (χ3v) is 7.87. The Morgan fingerprint density at radius 2 is 2.00 bits per heavy atom.